The Kier molecular flexibility index (Phi) is 6.61. The van der Waals surface area contributed by atoms with Crippen LogP contribution in [0.5, 0.6) is 5.75 Å². The summed E-state index contributed by atoms with van der Waals surface area (Å²) in [5.74, 6) is 0.911. The van der Waals surface area contributed by atoms with Crippen LogP contribution in [0.15, 0.2) is 53.3 Å². The quantitative estimate of drug-likeness (QED) is 0.301. The summed E-state index contributed by atoms with van der Waals surface area (Å²) in [4.78, 5) is 29.4. The molecule has 4 rings (SSSR count). The molecule has 0 radical (unpaired) electrons. The molecule has 2 aromatic carbocycles. The van der Waals surface area contributed by atoms with E-state index in [1.54, 1.807) is 30.3 Å². The van der Waals surface area contributed by atoms with Crippen molar-refractivity contribution in [3.63, 3.8) is 0 Å². The molecule has 2 heterocycles. The second-order valence-electron chi connectivity index (χ2n) is 7.24. The topological polar surface area (TPSA) is 82.8 Å². The SMILES string of the molecule is CCCCCOc1ccc(-c2nc3s/c(=C\c4ccc(C(=O)OC)cc4)c(=O)n3n2)cc1. The van der Waals surface area contributed by atoms with Crippen LogP contribution in [0, 0.1) is 0 Å². The first kappa shape index (κ1) is 21.7. The van der Waals surface area contributed by atoms with Crippen molar-refractivity contribution in [1.82, 2.24) is 14.6 Å². The monoisotopic (exact) mass is 449 g/mol. The standard InChI is InChI=1S/C24H23N3O4S/c1-3-4-5-14-31-19-12-10-17(11-13-19)21-25-24-27(26-21)22(28)20(32-24)15-16-6-8-18(9-7-16)23(29)30-2/h6-13,15H,3-5,14H2,1-2H3/b20-15-. The zero-order valence-electron chi connectivity index (χ0n) is 17.9. The van der Waals surface area contributed by atoms with E-state index in [9.17, 15) is 9.59 Å². The zero-order valence-corrected chi connectivity index (χ0v) is 18.7. The Morgan fingerprint density at radius 2 is 1.84 bits per heavy atom. The van der Waals surface area contributed by atoms with Gasteiger partial charge >= 0.3 is 5.97 Å². The molecule has 32 heavy (non-hydrogen) atoms. The summed E-state index contributed by atoms with van der Waals surface area (Å²) < 4.78 is 12.3. The van der Waals surface area contributed by atoms with Crippen LogP contribution >= 0.6 is 11.3 Å². The Hall–Kier alpha value is -3.52. The molecule has 7 nitrogen and oxygen atoms in total. The van der Waals surface area contributed by atoms with Crippen LogP contribution in [0.2, 0.25) is 0 Å². The lowest BCUT2D eigenvalue weighted by Crippen LogP contribution is -2.23. The van der Waals surface area contributed by atoms with Gasteiger partial charge in [-0.1, -0.05) is 43.2 Å². The van der Waals surface area contributed by atoms with Crippen LogP contribution in [-0.2, 0) is 4.74 Å². The normalized spacial score (nSPS) is 11.8. The first-order valence-corrected chi connectivity index (χ1v) is 11.2. The van der Waals surface area contributed by atoms with Crippen LogP contribution < -0.4 is 14.8 Å². The molecule has 2 aromatic heterocycles. The van der Waals surface area contributed by atoms with Gasteiger partial charge in [0.05, 0.1) is 23.8 Å². The molecule has 0 N–H and O–H groups in total. The summed E-state index contributed by atoms with van der Waals surface area (Å²) in [6, 6.07) is 14.4. The Morgan fingerprint density at radius 3 is 2.50 bits per heavy atom. The number of methoxy groups -OCH3 is 1. The third kappa shape index (κ3) is 4.70. The van der Waals surface area contributed by atoms with Crippen molar-refractivity contribution >= 4 is 28.3 Å². The van der Waals surface area contributed by atoms with Gasteiger partial charge < -0.3 is 9.47 Å². The number of esters is 1. The summed E-state index contributed by atoms with van der Waals surface area (Å²) in [5, 5.41) is 4.39. The summed E-state index contributed by atoms with van der Waals surface area (Å²) in [5.41, 5.74) is 1.85. The second kappa shape index (κ2) is 9.74. The zero-order chi connectivity index (χ0) is 22.5. The number of ether oxygens (including phenoxy) is 2. The van der Waals surface area contributed by atoms with Gasteiger partial charge in [-0.3, -0.25) is 4.79 Å². The van der Waals surface area contributed by atoms with Crippen molar-refractivity contribution in [2.75, 3.05) is 13.7 Å². The van der Waals surface area contributed by atoms with E-state index in [4.69, 9.17) is 9.47 Å². The van der Waals surface area contributed by atoms with Gasteiger partial charge in [-0.2, -0.15) is 9.50 Å². The Labute approximate surface area is 188 Å². The van der Waals surface area contributed by atoms with Crippen LogP contribution in [0.1, 0.15) is 42.1 Å². The van der Waals surface area contributed by atoms with Gasteiger partial charge in [0.15, 0.2) is 5.82 Å². The van der Waals surface area contributed by atoms with E-state index in [2.05, 4.69) is 17.0 Å². The molecule has 0 spiro atoms. The number of carbonyl (C=O) groups excluding carboxylic acids is 1. The van der Waals surface area contributed by atoms with Crippen molar-refractivity contribution in [1.29, 1.82) is 0 Å². The van der Waals surface area contributed by atoms with E-state index in [1.165, 1.54) is 23.0 Å². The molecule has 0 amide bonds. The molecule has 0 fully saturated rings. The highest BCUT2D eigenvalue weighted by molar-refractivity contribution is 7.15. The van der Waals surface area contributed by atoms with Crippen LogP contribution in [0.4, 0.5) is 0 Å². The van der Waals surface area contributed by atoms with E-state index in [-0.39, 0.29) is 5.56 Å². The minimum atomic E-state index is -0.400. The van der Waals surface area contributed by atoms with E-state index < -0.39 is 5.97 Å². The van der Waals surface area contributed by atoms with Crippen LogP contribution in [0.3, 0.4) is 0 Å². The summed E-state index contributed by atoms with van der Waals surface area (Å²) >= 11 is 1.27. The Morgan fingerprint density at radius 1 is 1.09 bits per heavy atom. The first-order valence-electron chi connectivity index (χ1n) is 10.4. The summed E-state index contributed by atoms with van der Waals surface area (Å²) in [6.45, 7) is 2.87. The van der Waals surface area contributed by atoms with Gasteiger partial charge in [-0.15, -0.1) is 5.10 Å². The maximum absolute atomic E-state index is 12.8. The second-order valence-corrected chi connectivity index (χ2v) is 8.25. The molecule has 0 unspecified atom stereocenters. The van der Waals surface area contributed by atoms with Gasteiger partial charge in [0.2, 0.25) is 4.96 Å². The van der Waals surface area contributed by atoms with Crippen LogP contribution in [0.25, 0.3) is 22.4 Å². The largest absolute Gasteiger partial charge is 0.494 e. The average molecular weight is 450 g/mol. The summed E-state index contributed by atoms with van der Waals surface area (Å²) in [6.07, 6.45) is 5.12. The third-order valence-electron chi connectivity index (χ3n) is 4.94. The number of carbonyl (C=O) groups is 1. The number of fused-ring (bicyclic) bond motifs is 1. The lowest BCUT2D eigenvalue weighted by atomic mass is 10.1. The predicted molar refractivity (Wildman–Crippen MR) is 124 cm³/mol. The van der Waals surface area contributed by atoms with Gasteiger partial charge in [0, 0.05) is 5.56 Å². The van der Waals surface area contributed by atoms with E-state index >= 15 is 0 Å². The lowest BCUT2D eigenvalue weighted by Gasteiger charge is -2.05. The molecule has 164 valence electrons. The fourth-order valence-electron chi connectivity index (χ4n) is 3.18. The highest BCUT2D eigenvalue weighted by Crippen LogP contribution is 2.20. The molecule has 4 aromatic rings. The van der Waals surface area contributed by atoms with Crippen LogP contribution in [-0.4, -0.2) is 34.3 Å². The van der Waals surface area contributed by atoms with Gasteiger partial charge in [-0.25, -0.2) is 4.79 Å². The van der Waals surface area contributed by atoms with E-state index in [1.807, 2.05) is 24.3 Å². The fourth-order valence-corrected chi connectivity index (χ4v) is 4.09. The number of unbranched alkanes of at least 4 members (excludes halogenated alkanes) is 2. The van der Waals surface area contributed by atoms with Gasteiger partial charge in [0.25, 0.3) is 5.56 Å². The molecule has 0 saturated carbocycles. The highest BCUT2D eigenvalue weighted by Gasteiger charge is 2.12. The van der Waals surface area contributed by atoms with Crippen molar-refractivity contribution < 1.29 is 14.3 Å². The Bertz CT molecular complexity index is 1320. The number of thiazole rings is 1. The van der Waals surface area contributed by atoms with Crippen molar-refractivity contribution in [3.8, 4) is 17.1 Å². The molecule has 0 saturated heterocycles. The van der Waals surface area contributed by atoms with Gasteiger partial charge in [0.1, 0.15) is 5.75 Å². The fraction of sp³-hybridized carbons (Fsp3) is 0.250. The number of benzene rings is 2. The number of rotatable bonds is 8. The molecule has 0 bridgehead atoms. The molecule has 0 aliphatic carbocycles. The minimum Gasteiger partial charge on any atom is -0.494 e. The van der Waals surface area contributed by atoms with Crippen molar-refractivity contribution in [3.05, 3.63) is 74.5 Å². The highest BCUT2D eigenvalue weighted by atomic mass is 32.1. The Balaban J connectivity index is 1.53. The number of hydrogen-bond donors (Lipinski definition) is 0. The van der Waals surface area contributed by atoms with E-state index in [0.29, 0.717) is 27.5 Å². The lowest BCUT2D eigenvalue weighted by molar-refractivity contribution is 0.0600. The molecule has 0 atom stereocenters. The minimum absolute atomic E-state index is 0.225. The van der Waals surface area contributed by atoms with Crippen molar-refractivity contribution in [2.45, 2.75) is 26.2 Å². The maximum Gasteiger partial charge on any atom is 0.337 e. The molecular weight excluding hydrogens is 426 g/mol. The van der Waals surface area contributed by atoms with Gasteiger partial charge in [-0.05, 0) is 54.5 Å². The summed E-state index contributed by atoms with van der Waals surface area (Å²) in [7, 11) is 1.34. The number of nitrogens with zero attached hydrogens (tertiary/aromatic N) is 3. The maximum atomic E-state index is 12.8. The predicted octanol–water partition coefficient (Wildman–Crippen LogP) is 3.72. The molecule has 0 aliphatic heterocycles. The van der Waals surface area contributed by atoms with Crippen molar-refractivity contribution in [2.24, 2.45) is 0 Å². The van der Waals surface area contributed by atoms with E-state index in [0.717, 1.165) is 36.1 Å². The third-order valence-corrected chi connectivity index (χ3v) is 5.90. The first-order chi connectivity index (χ1) is 15.6. The number of hydrogen-bond acceptors (Lipinski definition) is 7. The molecular formula is C24H23N3O4S. The average Bonchev–Trinajstić information content (AvgIpc) is 3.36. The number of aromatic nitrogens is 3. The smallest absolute Gasteiger partial charge is 0.337 e. The molecule has 8 heteroatoms. The molecule has 0 aliphatic rings.